The van der Waals surface area contributed by atoms with Crippen molar-refractivity contribution < 1.29 is 4.79 Å². The van der Waals surface area contributed by atoms with Crippen LogP contribution in [0, 0.1) is 0 Å². The van der Waals surface area contributed by atoms with E-state index in [0.717, 1.165) is 19.4 Å². The molecule has 0 bridgehead atoms. The quantitative estimate of drug-likeness (QED) is 0.845. The van der Waals surface area contributed by atoms with Crippen LogP contribution in [0.4, 0.5) is 5.69 Å². The van der Waals surface area contributed by atoms with E-state index in [2.05, 4.69) is 15.6 Å². The second-order valence-electron chi connectivity index (χ2n) is 3.83. The zero-order chi connectivity index (χ0) is 12.1. The number of hydrogen-bond donors (Lipinski definition) is 2. The van der Waals surface area contributed by atoms with Crippen LogP contribution in [0.25, 0.3) is 0 Å². The predicted molar refractivity (Wildman–Crippen MR) is 69.6 cm³/mol. The molecule has 2 rings (SSSR count). The van der Waals surface area contributed by atoms with Gasteiger partial charge in [0.1, 0.15) is 0 Å². The summed E-state index contributed by atoms with van der Waals surface area (Å²) < 4.78 is 0. The maximum absolute atomic E-state index is 11.9. The fourth-order valence-corrected chi connectivity index (χ4v) is 1.79. The molecule has 1 heterocycles. The maximum atomic E-state index is 11.9. The zero-order valence-electron chi connectivity index (χ0n) is 9.37. The molecule has 1 aliphatic rings. The lowest BCUT2D eigenvalue weighted by Crippen LogP contribution is -2.35. The highest BCUT2D eigenvalue weighted by molar-refractivity contribution is 6.42. The Kier molecular flexibility index (Phi) is 3.98. The Morgan fingerprint density at radius 3 is 3.12 bits per heavy atom. The van der Waals surface area contributed by atoms with E-state index in [0.29, 0.717) is 23.1 Å². The molecule has 0 spiro atoms. The smallest absolute Gasteiger partial charge is 0.290 e. The average Bonchev–Trinajstić information content (AvgIpc) is 2.57. The number of nitrogens with one attached hydrogen (secondary N) is 2. The fourth-order valence-electron chi connectivity index (χ4n) is 1.60. The van der Waals surface area contributed by atoms with Crippen molar-refractivity contribution in [3.8, 4) is 0 Å². The molecule has 2 N–H and O–H groups in total. The molecule has 17 heavy (non-hydrogen) atoms. The van der Waals surface area contributed by atoms with Crippen molar-refractivity contribution in [1.82, 2.24) is 5.32 Å². The molecule has 0 radical (unpaired) electrons. The van der Waals surface area contributed by atoms with Gasteiger partial charge in [-0.15, -0.1) is 0 Å². The number of carbonyl (C=O) groups excluding carboxylic acids is 1. The summed E-state index contributed by atoms with van der Waals surface area (Å²) in [6, 6.07) is 7.05. The molecule has 1 aromatic rings. The minimum Gasteiger partial charge on any atom is -0.366 e. The van der Waals surface area contributed by atoms with E-state index in [1.165, 1.54) is 0 Å². The monoisotopic (exact) mass is 251 g/mol. The number of carbonyl (C=O) groups is 1. The first-order valence-electron chi connectivity index (χ1n) is 5.61. The molecule has 90 valence electrons. The van der Waals surface area contributed by atoms with E-state index in [1.54, 1.807) is 24.3 Å². The molecule has 0 aromatic heterocycles. The van der Waals surface area contributed by atoms with Crippen molar-refractivity contribution in [2.75, 3.05) is 18.4 Å². The first-order valence-corrected chi connectivity index (χ1v) is 5.99. The summed E-state index contributed by atoms with van der Waals surface area (Å²) in [5.74, 6) is 0.191. The van der Waals surface area contributed by atoms with Gasteiger partial charge in [0, 0.05) is 23.8 Å². The lowest BCUT2D eigenvalue weighted by atomic mass is 10.3. The summed E-state index contributed by atoms with van der Waals surface area (Å²) in [5, 5.41) is 6.38. The Hall–Kier alpha value is -1.55. The average molecular weight is 252 g/mol. The minimum atomic E-state index is -0.214. The summed E-state index contributed by atoms with van der Waals surface area (Å²) >= 11 is 5.84. The molecule has 1 aromatic carbocycles. The number of nitrogens with zero attached hydrogens (tertiary/aromatic N) is 1. The highest BCUT2D eigenvalue weighted by Gasteiger charge is 2.12. The lowest BCUT2D eigenvalue weighted by Gasteiger charge is -2.08. The Balaban J connectivity index is 2.03. The van der Waals surface area contributed by atoms with Crippen molar-refractivity contribution in [3.05, 3.63) is 29.3 Å². The van der Waals surface area contributed by atoms with Crippen molar-refractivity contribution in [3.63, 3.8) is 0 Å². The SMILES string of the molecule is O=C(Nc1cccc(Cl)c1)C1=NCCCCN1. The van der Waals surface area contributed by atoms with Crippen LogP contribution < -0.4 is 10.6 Å². The predicted octanol–water partition coefficient (Wildman–Crippen LogP) is 2.06. The molecule has 1 amide bonds. The van der Waals surface area contributed by atoms with Gasteiger partial charge in [0.15, 0.2) is 5.84 Å². The molecule has 1 aliphatic heterocycles. The van der Waals surface area contributed by atoms with Crippen LogP contribution in [0.3, 0.4) is 0 Å². The first-order chi connectivity index (χ1) is 8.25. The van der Waals surface area contributed by atoms with Gasteiger partial charge in [-0.2, -0.15) is 0 Å². The van der Waals surface area contributed by atoms with E-state index in [4.69, 9.17) is 11.6 Å². The maximum Gasteiger partial charge on any atom is 0.290 e. The number of benzene rings is 1. The standard InChI is InChI=1S/C12H14ClN3O/c13-9-4-3-5-10(8-9)16-12(17)11-14-6-1-2-7-15-11/h3-5,8H,1-2,6-7H2,(H,14,15)(H,16,17). The van der Waals surface area contributed by atoms with Gasteiger partial charge < -0.3 is 10.6 Å². The van der Waals surface area contributed by atoms with Crippen LogP contribution in [-0.2, 0) is 4.79 Å². The third-order valence-electron chi connectivity index (χ3n) is 2.44. The largest absolute Gasteiger partial charge is 0.366 e. The van der Waals surface area contributed by atoms with Gasteiger partial charge in [0.25, 0.3) is 5.91 Å². The van der Waals surface area contributed by atoms with Gasteiger partial charge in [-0.05, 0) is 31.0 Å². The van der Waals surface area contributed by atoms with Crippen LogP contribution in [0.15, 0.2) is 29.3 Å². The molecule has 0 aliphatic carbocycles. The van der Waals surface area contributed by atoms with Gasteiger partial charge >= 0.3 is 0 Å². The highest BCUT2D eigenvalue weighted by Crippen LogP contribution is 2.14. The molecular formula is C12H14ClN3O. The third-order valence-corrected chi connectivity index (χ3v) is 2.68. The van der Waals surface area contributed by atoms with Gasteiger partial charge in [-0.1, -0.05) is 17.7 Å². The van der Waals surface area contributed by atoms with Crippen molar-refractivity contribution in [1.29, 1.82) is 0 Å². The number of anilines is 1. The fraction of sp³-hybridized carbons (Fsp3) is 0.333. The number of rotatable bonds is 2. The second-order valence-corrected chi connectivity index (χ2v) is 4.27. The lowest BCUT2D eigenvalue weighted by molar-refractivity contribution is -0.110. The van der Waals surface area contributed by atoms with Gasteiger partial charge in [0.05, 0.1) is 0 Å². The van der Waals surface area contributed by atoms with E-state index < -0.39 is 0 Å². The number of amidine groups is 1. The van der Waals surface area contributed by atoms with E-state index in [1.807, 2.05) is 0 Å². The Morgan fingerprint density at radius 2 is 2.29 bits per heavy atom. The zero-order valence-corrected chi connectivity index (χ0v) is 10.1. The van der Waals surface area contributed by atoms with Crippen LogP contribution in [0.5, 0.6) is 0 Å². The Labute approximate surface area is 105 Å². The van der Waals surface area contributed by atoms with Crippen molar-refractivity contribution in [2.45, 2.75) is 12.8 Å². The van der Waals surface area contributed by atoms with Gasteiger partial charge in [-0.3, -0.25) is 9.79 Å². The normalized spacial score (nSPS) is 15.5. The third kappa shape index (κ3) is 3.46. The number of amides is 1. The molecule has 0 unspecified atom stereocenters. The van der Waals surface area contributed by atoms with Crippen LogP contribution in [0.1, 0.15) is 12.8 Å². The van der Waals surface area contributed by atoms with Gasteiger partial charge in [-0.25, -0.2) is 0 Å². The molecule has 0 saturated carbocycles. The van der Waals surface area contributed by atoms with Crippen molar-refractivity contribution in [2.24, 2.45) is 4.99 Å². The summed E-state index contributed by atoms with van der Waals surface area (Å²) in [5.41, 5.74) is 0.677. The van der Waals surface area contributed by atoms with Crippen molar-refractivity contribution >= 4 is 29.0 Å². The summed E-state index contributed by atoms with van der Waals surface area (Å²) in [6.07, 6.45) is 2.05. The topological polar surface area (TPSA) is 53.5 Å². The summed E-state index contributed by atoms with van der Waals surface area (Å²) in [6.45, 7) is 1.49. The van der Waals surface area contributed by atoms with E-state index in [9.17, 15) is 4.79 Å². The molecule has 4 nitrogen and oxygen atoms in total. The van der Waals surface area contributed by atoms with Gasteiger partial charge in [0.2, 0.25) is 0 Å². The number of halogens is 1. The van der Waals surface area contributed by atoms with Crippen LogP contribution >= 0.6 is 11.6 Å². The molecular weight excluding hydrogens is 238 g/mol. The molecule has 0 fully saturated rings. The first kappa shape index (κ1) is 11.9. The molecule has 5 heteroatoms. The highest BCUT2D eigenvalue weighted by atomic mass is 35.5. The van der Waals surface area contributed by atoms with E-state index in [-0.39, 0.29) is 5.91 Å². The summed E-state index contributed by atoms with van der Waals surface area (Å²) in [4.78, 5) is 16.1. The second kappa shape index (κ2) is 5.68. The Morgan fingerprint density at radius 1 is 1.41 bits per heavy atom. The molecule has 0 saturated heterocycles. The van der Waals surface area contributed by atoms with Crippen LogP contribution in [0.2, 0.25) is 5.02 Å². The number of aliphatic imine (C=N–C) groups is 1. The molecule has 0 atom stereocenters. The Bertz CT molecular complexity index is 445. The van der Waals surface area contributed by atoms with Crippen LogP contribution in [-0.4, -0.2) is 24.8 Å². The summed E-state index contributed by atoms with van der Waals surface area (Å²) in [7, 11) is 0. The minimum absolute atomic E-state index is 0.214. The van der Waals surface area contributed by atoms with E-state index >= 15 is 0 Å². The number of hydrogen-bond acceptors (Lipinski definition) is 3.